The van der Waals surface area contributed by atoms with E-state index in [1.807, 2.05) is 0 Å². The molecule has 0 atom stereocenters. The van der Waals surface area contributed by atoms with Gasteiger partial charge in [0.1, 0.15) is 0 Å². The molecule has 0 aromatic heterocycles. The normalized spacial score (nSPS) is 12.4. The second kappa shape index (κ2) is 8.12. The summed E-state index contributed by atoms with van der Waals surface area (Å²) in [5, 5.41) is 3.48. The maximum absolute atomic E-state index is 6.20. The van der Waals surface area contributed by atoms with Crippen LogP contribution in [0.5, 0.6) is 0 Å². The fourth-order valence-corrected chi connectivity index (χ4v) is 1.64. The van der Waals surface area contributed by atoms with Crippen LogP contribution in [0.15, 0.2) is 0 Å². The van der Waals surface area contributed by atoms with E-state index in [0.29, 0.717) is 0 Å². The summed E-state index contributed by atoms with van der Waals surface area (Å²) >= 11 is 0. The first kappa shape index (κ1) is 14.9. The first-order valence-electron chi connectivity index (χ1n) is 6.53. The van der Waals surface area contributed by atoms with Crippen LogP contribution in [-0.2, 0) is 0 Å². The third kappa shape index (κ3) is 7.80. The zero-order valence-corrected chi connectivity index (χ0v) is 11.1. The van der Waals surface area contributed by atoms with Crippen LogP contribution in [0.1, 0.15) is 59.8 Å². The lowest BCUT2D eigenvalue weighted by molar-refractivity contribution is 0.367. The number of unbranched alkanes of at least 4 members (excludes halogenated alkanes) is 1. The Balaban J connectivity index is 3.37. The van der Waals surface area contributed by atoms with Gasteiger partial charge in [-0.25, -0.2) is 0 Å². The molecular weight excluding hydrogens is 184 g/mol. The molecule has 0 rings (SSSR count). The average Bonchev–Trinajstić information content (AvgIpc) is 2.22. The fourth-order valence-electron chi connectivity index (χ4n) is 1.64. The highest BCUT2D eigenvalue weighted by atomic mass is 14.9. The minimum atomic E-state index is 0.0120. The van der Waals surface area contributed by atoms with E-state index in [0.717, 1.165) is 31.8 Å². The van der Waals surface area contributed by atoms with Crippen LogP contribution in [-0.4, -0.2) is 18.6 Å². The summed E-state index contributed by atoms with van der Waals surface area (Å²) in [5.74, 6) is 0.838. The molecule has 0 heterocycles. The molecule has 0 saturated heterocycles. The number of hydrogen-bond donors (Lipinski definition) is 2. The Bertz CT molecular complexity index is 139. The van der Waals surface area contributed by atoms with Gasteiger partial charge in [0.2, 0.25) is 0 Å². The molecule has 92 valence electrons. The molecule has 3 N–H and O–H groups in total. The van der Waals surface area contributed by atoms with Crippen molar-refractivity contribution < 1.29 is 0 Å². The molecule has 0 radical (unpaired) electrons. The number of rotatable bonds is 9. The highest BCUT2D eigenvalue weighted by Gasteiger charge is 2.18. The lowest BCUT2D eigenvalue weighted by Crippen LogP contribution is -2.47. The summed E-state index contributed by atoms with van der Waals surface area (Å²) in [6.07, 6.45) is 6.07. The van der Waals surface area contributed by atoms with Gasteiger partial charge in [0, 0.05) is 12.1 Å². The van der Waals surface area contributed by atoms with Gasteiger partial charge >= 0.3 is 0 Å². The van der Waals surface area contributed by atoms with Crippen LogP contribution in [0, 0.1) is 5.92 Å². The van der Waals surface area contributed by atoms with E-state index in [-0.39, 0.29) is 5.54 Å². The molecule has 2 heteroatoms. The predicted octanol–water partition coefficient (Wildman–Crippen LogP) is 2.92. The van der Waals surface area contributed by atoms with Crippen molar-refractivity contribution in [2.75, 3.05) is 13.1 Å². The summed E-state index contributed by atoms with van der Waals surface area (Å²) in [4.78, 5) is 0. The molecule has 0 aliphatic heterocycles. The summed E-state index contributed by atoms with van der Waals surface area (Å²) in [6.45, 7) is 11.0. The van der Waals surface area contributed by atoms with Gasteiger partial charge in [-0.2, -0.15) is 0 Å². The second-order valence-corrected chi connectivity index (χ2v) is 5.14. The van der Waals surface area contributed by atoms with Crippen molar-refractivity contribution in [1.29, 1.82) is 0 Å². The van der Waals surface area contributed by atoms with Gasteiger partial charge in [0.05, 0.1) is 0 Å². The van der Waals surface area contributed by atoms with Crippen molar-refractivity contribution in [3.63, 3.8) is 0 Å². The topological polar surface area (TPSA) is 38.0 Å². The third-order valence-corrected chi connectivity index (χ3v) is 3.27. The number of hydrogen-bond acceptors (Lipinski definition) is 2. The lowest BCUT2D eigenvalue weighted by Gasteiger charge is -2.27. The standard InChI is InChI=1S/C13H30N2/c1-5-13(14,6-2)11-15-10-8-7-9-12(3)4/h12,15H,5-11,14H2,1-4H3. The smallest absolute Gasteiger partial charge is 0.0275 e. The van der Waals surface area contributed by atoms with E-state index in [1.165, 1.54) is 19.3 Å². The summed E-state index contributed by atoms with van der Waals surface area (Å²) in [7, 11) is 0. The highest BCUT2D eigenvalue weighted by molar-refractivity contribution is 4.83. The molecule has 0 fully saturated rings. The van der Waals surface area contributed by atoms with Crippen LogP contribution in [0.25, 0.3) is 0 Å². The maximum atomic E-state index is 6.20. The van der Waals surface area contributed by atoms with Crippen molar-refractivity contribution in [2.24, 2.45) is 11.7 Å². The Hall–Kier alpha value is -0.0800. The fraction of sp³-hybridized carbons (Fsp3) is 1.00. The first-order chi connectivity index (χ1) is 7.04. The highest BCUT2D eigenvalue weighted by Crippen LogP contribution is 2.09. The average molecular weight is 214 g/mol. The van der Waals surface area contributed by atoms with E-state index in [1.54, 1.807) is 0 Å². The molecule has 0 spiro atoms. The van der Waals surface area contributed by atoms with Crippen molar-refractivity contribution in [1.82, 2.24) is 5.32 Å². The molecule has 0 aromatic carbocycles. The van der Waals surface area contributed by atoms with Gasteiger partial charge in [-0.15, -0.1) is 0 Å². The molecule has 0 aliphatic rings. The van der Waals surface area contributed by atoms with Crippen LogP contribution < -0.4 is 11.1 Å². The van der Waals surface area contributed by atoms with E-state index in [9.17, 15) is 0 Å². The van der Waals surface area contributed by atoms with Gasteiger partial charge in [-0.3, -0.25) is 0 Å². The summed E-state index contributed by atoms with van der Waals surface area (Å²) in [5.41, 5.74) is 6.21. The number of nitrogens with two attached hydrogens (primary N) is 1. The molecule has 0 aromatic rings. The van der Waals surface area contributed by atoms with Crippen molar-refractivity contribution in [3.8, 4) is 0 Å². The predicted molar refractivity (Wildman–Crippen MR) is 69.1 cm³/mol. The molecule has 0 bridgehead atoms. The van der Waals surface area contributed by atoms with Crippen molar-refractivity contribution >= 4 is 0 Å². The van der Waals surface area contributed by atoms with Crippen LogP contribution in [0.3, 0.4) is 0 Å². The van der Waals surface area contributed by atoms with Crippen molar-refractivity contribution in [3.05, 3.63) is 0 Å². The summed E-state index contributed by atoms with van der Waals surface area (Å²) < 4.78 is 0. The Labute approximate surface area is 96.0 Å². The Kier molecular flexibility index (Phi) is 8.07. The lowest BCUT2D eigenvalue weighted by atomic mass is 9.94. The van der Waals surface area contributed by atoms with Crippen LogP contribution in [0.4, 0.5) is 0 Å². The zero-order valence-electron chi connectivity index (χ0n) is 11.1. The van der Waals surface area contributed by atoms with Gasteiger partial charge in [-0.05, 0) is 31.7 Å². The van der Waals surface area contributed by atoms with E-state index in [4.69, 9.17) is 5.73 Å². The molecule has 0 unspecified atom stereocenters. The second-order valence-electron chi connectivity index (χ2n) is 5.14. The van der Waals surface area contributed by atoms with Crippen LogP contribution >= 0.6 is 0 Å². The van der Waals surface area contributed by atoms with E-state index in [2.05, 4.69) is 33.0 Å². The molecule has 2 nitrogen and oxygen atoms in total. The largest absolute Gasteiger partial charge is 0.324 e. The van der Waals surface area contributed by atoms with Crippen molar-refractivity contribution in [2.45, 2.75) is 65.3 Å². The zero-order chi connectivity index (χ0) is 11.7. The Morgan fingerprint density at radius 2 is 1.73 bits per heavy atom. The molecule has 0 aliphatic carbocycles. The number of nitrogens with one attached hydrogen (secondary N) is 1. The van der Waals surface area contributed by atoms with E-state index < -0.39 is 0 Å². The van der Waals surface area contributed by atoms with Gasteiger partial charge < -0.3 is 11.1 Å². The third-order valence-electron chi connectivity index (χ3n) is 3.27. The minimum absolute atomic E-state index is 0.0120. The monoisotopic (exact) mass is 214 g/mol. The van der Waals surface area contributed by atoms with Gasteiger partial charge in [0.15, 0.2) is 0 Å². The Morgan fingerprint density at radius 3 is 2.20 bits per heavy atom. The van der Waals surface area contributed by atoms with Crippen LogP contribution in [0.2, 0.25) is 0 Å². The molecule has 0 saturated carbocycles. The summed E-state index contributed by atoms with van der Waals surface area (Å²) in [6, 6.07) is 0. The Morgan fingerprint density at radius 1 is 1.13 bits per heavy atom. The first-order valence-corrected chi connectivity index (χ1v) is 6.53. The van der Waals surface area contributed by atoms with Gasteiger partial charge in [-0.1, -0.05) is 40.5 Å². The molecule has 15 heavy (non-hydrogen) atoms. The maximum Gasteiger partial charge on any atom is 0.0275 e. The minimum Gasteiger partial charge on any atom is -0.324 e. The quantitative estimate of drug-likeness (QED) is 0.579. The van der Waals surface area contributed by atoms with E-state index >= 15 is 0 Å². The molecular formula is C13H30N2. The SMILES string of the molecule is CCC(N)(CC)CNCCCCC(C)C. The molecule has 0 amide bonds. The van der Waals surface area contributed by atoms with Gasteiger partial charge in [0.25, 0.3) is 0 Å².